The lowest BCUT2D eigenvalue weighted by Gasteiger charge is -2.13. The van der Waals surface area contributed by atoms with Crippen molar-refractivity contribution in [2.75, 3.05) is 11.9 Å². The molecule has 1 aromatic carbocycles. The maximum atomic E-state index is 11.8. The lowest BCUT2D eigenvalue weighted by atomic mass is 10.1. The summed E-state index contributed by atoms with van der Waals surface area (Å²) in [4.78, 5) is 11.8. The maximum absolute atomic E-state index is 11.8. The number of amides is 2. The molecule has 0 aliphatic heterocycles. The number of hydrogen-bond donors (Lipinski definition) is 3. The summed E-state index contributed by atoms with van der Waals surface area (Å²) in [6.07, 6.45) is 1.64. The zero-order valence-corrected chi connectivity index (χ0v) is 12.2. The molecule has 112 valence electrons. The molecular weight excluding hydrogens is 268 g/mol. The van der Waals surface area contributed by atoms with E-state index in [-0.39, 0.29) is 18.7 Å². The standard InChI is InChI=1S/C15H20N4O2/c1-11-4-3-5-13(8-11)9-19-14(6-7-16-19)18-15(21)17-12(2)10-20/h3-8,12,20H,9-10H2,1-2H3,(H2,17,18,21)/t12-/m0/s1. The van der Waals surface area contributed by atoms with Gasteiger partial charge in [-0.25, -0.2) is 9.48 Å². The summed E-state index contributed by atoms with van der Waals surface area (Å²) in [6, 6.07) is 9.22. The van der Waals surface area contributed by atoms with Crippen molar-refractivity contribution in [3.05, 3.63) is 47.7 Å². The number of urea groups is 1. The second-order valence-electron chi connectivity index (χ2n) is 5.05. The topological polar surface area (TPSA) is 79.2 Å². The summed E-state index contributed by atoms with van der Waals surface area (Å²) in [7, 11) is 0. The highest BCUT2D eigenvalue weighted by molar-refractivity contribution is 5.88. The lowest BCUT2D eigenvalue weighted by molar-refractivity contribution is 0.229. The van der Waals surface area contributed by atoms with Crippen molar-refractivity contribution in [1.29, 1.82) is 0 Å². The molecule has 0 aliphatic rings. The largest absolute Gasteiger partial charge is 0.394 e. The van der Waals surface area contributed by atoms with Crippen LogP contribution < -0.4 is 10.6 Å². The van der Waals surface area contributed by atoms with Crippen molar-refractivity contribution in [3.8, 4) is 0 Å². The van der Waals surface area contributed by atoms with Gasteiger partial charge in [0.2, 0.25) is 0 Å². The van der Waals surface area contributed by atoms with Crippen LogP contribution in [0.3, 0.4) is 0 Å². The molecule has 0 unspecified atom stereocenters. The number of nitrogens with zero attached hydrogens (tertiary/aromatic N) is 2. The van der Waals surface area contributed by atoms with Gasteiger partial charge in [0.25, 0.3) is 0 Å². The van der Waals surface area contributed by atoms with Gasteiger partial charge in [-0.15, -0.1) is 0 Å². The van der Waals surface area contributed by atoms with Gasteiger partial charge >= 0.3 is 6.03 Å². The van der Waals surface area contributed by atoms with Crippen LogP contribution in [-0.4, -0.2) is 33.6 Å². The predicted octanol–water partition coefficient (Wildman–Crippen LogP) is 1.74. The Bertz CT molecular complexity index is 609. The fourth-order valence-corrected chi connectivity index (χ4v) is 1.97. The normalized spacial score (nSPS) is 12.0. The smallest absolute Gasteiger partial charge is 0.320 e. The number of carbonyl (C=O) groups is 1. The van der Waals surface area contributed by atoms with Gasteiger partial charge in [-0.1, -0.05) is 29.8 Å². The molecule has 0 fully saturated rings. The van der Waals surface area contributed by atoms with Crippen LogP contribution in [0, 0.1) is 6.92 Å². The van der Waals surface area contributed by atoms with E-state index in [9.17, 15) is 4.79 Å². The fraction of sp³-hybridized carbons (Fsp3) is 0.333. The van der Waals surface area contributed by atoms with E-state index in [4.69, 9.17) is 5.11 Å². The summed E-state index contributed by atoms with van der Waals surface area (Å²) >= 11 is 0. The second kappa shape index (κ2) is 6.90. The van der Waals surface area contributed by atoms with Crippen molar-refractivity contribution in [3.63, 3.8) is 0 Å². The van der Waals surface area contributed by atoms with Crippen molar-refractivity contribution in [1.82, 2.24) is 15.1 Å². The molecule has 1 atom stereocenters. The van der Waals surface area contributed by atoms with E-state index in [0.29, 0.717) is 12.4 Å². The third-order valence-corrected chi connectivity index (χ3v) is 3.02. The highest BCUT2D eigenvalue weighted by atomic mass is 16.3. The van der Waals surface area contributed by atoms with Crippen LogP contribution in [0.15, 0.2) is 36.5 Å². The number of aliphatic hydroxyl groups excluding tert-OH is 1. The van der Waals surface area contributed by atoms with Crippen LogP contribution in [0.5, 0.6) is 0 Å². The fourth-order valence-electron chi connectivity index (χ4n) is 1.97. The van der Waals surface area contributed by atoms with Crippen LogP contribution in [0.25, 0.3) is 0 Å². The Morgan fingerprint density at radius 1 is 1.43 bits per heavy atom. The average molecular weight is 288 g/mol. The Labute approximate surface area is 123 Å². The zero-order chi connectivity index (χ0) is 15.2. The number of aryl methyl sites for hydroxylation is 1. The van der Waals surface area contributed by atoms with Gasteiger partial charge in [-0.05, 0) is 19.4 Å². The molecule has 0 saturated heterocycles. The summed E-state index contributed by atoms with van der Waals surface area (Å²) < 4.78 is 1.72. The van der Waals surface area contributed by atoms with Crippen molar-refractivity contribution in [2.45, 2.75) is 26.4 Å². The Morgan fingerprint density at radius 3 is 2.95 bits per heavy atom. The van der Waals surface area contributed by atoms with E-state index in [2.05, 4.69) is 21.8 Å². The minimum Gasteiger partial charge on any atom is -0.394 e. The first-order valence-corrected chi connectivity index (χ1v) is 6.84. The van der Waals surface area contributed by atoms with E-state index in [0.717, 1.165) is 5.56 Å². The number of anilines is 1. The number of aromatic nitrogens is 2. The number of hydrogen-bond acceptors (Lipinski definition) is 3. The van der Waals surface area contributed by atoms with Gasteiger partial charge in [0.15, 0.2) is 0 Å². The van der Waals surface area contributed by atoms with Gasteiger partial charge in [-0.2, -0.15) is 5.10 Å². The van der Waals surface area contributed by atoms with E-state index in [1.165, 1.54) is 5.56 Å². The Morgan fingerprint density at radius 2 is 2.24 bits per heavy atom. The van der Waals surface area contributed by atoms with Crippen LogP contribution in [0.1, 0.15) is 18.1 Å². The van der Waals surface area contributed by atoms with Crippen LogP contribution in [-0.2, 0) is 6.54 Å². The highest BCUT2D eigenvalue weighted by Crippen LogP contribution is 2.11. The van der Waals surface area contributed by atoms with Gasteiger partial charge in [0.05, 0.1) is 25.4 Å². The number of rotatable bonds is 5. The highest BCUT2D eigenvalue weighted by Gasteiger charge is 2.09. The molecule has 0 aliphatic carbocycles. The van der Waals surface area contributed by atoms with E-state index >= 15 is 0 Å². The second-order valence-corrected chi connectivity index (χ2v) is 5.05. The monoisotopic (exact) mass is 288 g/mol. The Kier molecular flexibility index (Phi) is 4.94. The summed E-state index contributed by atoms with van der Waals surface area (Å²) in [5.41, 5.74) is 2.30. The van der Waals surface area contributed by atoms with E-state index < -0.39 is 0 Å². The quantitative estimate of drug-likeness (QED) is 0.784. The predicted molar refractivity (Wildman–Crippen MR) is 81.2 cm³/mol. The van der Waals surface area contributed by atoms with Crippen molar-refractivity contribution in [2.24, 2.45) is 0 Å². The molecule has 0 bridgehead atoms. The van der Waals surface area contributed by atoms with E-state index in [1.54, 1.807) is 23.9 Å². The third kappa shape index (κ3) is 4.32. The maximum Gasteiger partial charge on any atom is 0.320 e. The first kappa shape index (κ1) is 15.1. The summed E-state index contributed by atoms with van der Waals surface area (Å²) in [5, 5.41) is 18.5. The van der Waals surface area contributed by atoms with Gasteiger partial charge in [0, 0.05) is 6.07 Å². The molecular formula is C15H20N4O2. The van der Waals surface area contributed by atoms with Gasteiger partial charge in [0.1, 0.15) is 5.82 Å². The molecule has 0 radical (unpaired) electrons. The summed E-state index contributed by atoms with van der Waals surface area (Å²) in [6.45, 7) is 4.24. The SMILES string of the molecule is Cc1cccc(Cn2nccc2NC(=O)N[C@@H](C)CO)c1. The average Bonchev–Trinajstić information content (AvgIpc) is 2.85. The molecule has 6 heteroatoms. The summed E-state index contributed by atoms with van der Waals surface area (Å²) in [5.74, 6) is 0.610. The molecule has 3 N–H and O–H groups in total. The molecule has 2 aromatic rings. The van der Waals surface area contributed by atoms with Crippen molar-refractivity contribution >= 4 is 11.8 Å². The van der Waals surface area contributed by atoms with Gasteiger partial charge in [-0.3, -0.25) is 5.32 Å². The third-order valence-electron chi connectivity index (χ3n) is 3.02. The molecule has 0 saturated carbocycles. The first-order valence-electron chi connectivity index (χ1n) is 6.84. The number of nitrogens with one attached hydrogen (secondary N) is 2. The zero-order valence-electron chi connectivity index (χ0n) is 12.2. The lowest BCUT2D eigenvalue weighted by Crippen LogP contribution is -2.38. The van der Waals surface area contributed by atoms with Crippen molar-refractivity contribution < 1.29 is 9.90 Å². The molecule has 2 rings (SSSR count). The molecule has 6 nitrogen and oxygen atoms in total. The molecule has 21 heavy (non-hydrogen) atoms. The number of aliphatic hydroxyl groups is 1. The molecule has 1 heterocycles. The Balaban J connectivity index is 2.03. The number of benzene rings is 1. The number of carbonyl (C=O) groups excluding carboxylic acids is 1. The van der Waals surface area contributed by atoms with Crippen LogP contribution in [0.2, 0.25) is 0 Å². The van der Waals surface area contributed by atoms with Crippen LogP contribution >= 0.6 is 0 Å². The Hall–Kier alpha value is -2.34. The van der Waals surface area contributed by atoms with Crippen LogP contribution in [0.4, 0.5) is 10.6 Å². The minimum absolute atomic E-state index is 0.101. The molecule has 2 amide bonds. The molecule has 0 spiro atoms. The molecule has 1 aromatic heterocycles. The van der Waals surface area contributed by atoms with Gasteiger partial charge < -0.3 is 10.4 Å². The minimum atomic E-state index is -0.359. The first-order chi connectivity index (χ1) is 10.1. The van der Waals surface area contributed by atoms with E-state index in [1.807, 2.05) is 25.1 Å².